The molecular formula is C19H39IN4O3. The number of nitrogens with zero attached hydrogens (tertiary/aromatic N) is 2. The molecule has 1 aliphatic heterocycles. The Labute approximate surface area is 182 Å². The normalized spacial score (nSPS) is 16.7. The van der Waals surface area contributed by atoms with E-state index in [4.69, 9.17) is 14.5 Å². The van der Waals surface area contributed by atoms with E-state index in [1.54, 1.807) is 4.90 Å². The molecule has 0 aromatic heterocycles. The predicted octanol–water partition coefficient (Wildman–Crippen LogP) is 3.23. The number of ether oxygens (including phenoxy) is 2. The third kappa shape index (κ3) is 10.4. The van der Waals surface area contributed by atoms with Crippen LogP contribution in [0, 0.1) is 5.92 Å². The first-order valence-corrected chi connectivity index (χ1v) is 10.1. The van der Waals surface area contributed by atoms with E-state index in [0.717, 1.165) is 58.0 Å². The van der Waals surface area contributed by atoms with Crippen molar-refractivity contribution in [1.82, 2.24) is 15.5 Å². The topological polar surface area (TPSA) is 75.2 Å². The minimum atomic E-state index is -0.206. The molecule has 1 aliphatic rings. The van der Waals surface area contributed by atoms with Gasteiger partial charge in [0.15, 0.2) is 5.96 Å². The van der Waals surface area contributed by atoms with Crippen molar-refractivity contribution in [3.63, 3.8) is 0 Å². The molecule has 1 amide bonds. The average molecular weight is 498 g/mol. The molecule has 27 heavy (non-hydrogen) atoms. The van der Waals surface area contributed by atoms with Crippen molar-refractivity contribution in [3.8, 4) is 0 Å². The molecule has 160 valence electrons. The van der Waals surface area contributed by atoms with Crippen molar-refractivity contribution < 1.29 is 14.3 Å². The summed E-state index contributed by atoms with van der Waals surface area (Å²) < 4.78 is 10.9. The highest BCUT2D eigenvalue weighted by molar-refractivity contribution is 14.0. The highest BCUT2D eigenvalue weighted by Crippen LogP contribution is 2.12. The fraction of sp³-hybridized carbons (Fsp3) is 0.895. The van der Waals surface area contributed by atoms with Gasteiger partial charge in [0.2, 0.25) is 0 Å². The van der Waals surface area contributed by atoms with Gasteiger partial charge in [0.05, 0.1) is 12.7 Å². The zero-order valence-electron chi connectivity index (χ0n) is 17.6. The Kier molecular flexibility index (Phi) is 14.8. The van der Waals surface area contributed by atoms with Gasteiger partial charge >= 0.3 is 6.09 Å². The first-order chi connectivity index (χ1) is 12.5. The van der Waals surface area contributed by atoms with Gasteiger partial charge in [0.1, 0.15) is 0 Å². The predicted molar refractivity (Wildman–Crippen MR) is 121 cm³/mol. The summed E-state index contributed by atoms with van der Waals surface area (Å²) in [6.07, 6.45) is 2.76. The van der Waals surface area contributed by atoms with Gasteiger partial charge in [0, 0.05) is 38.8 Å². The van der Waals surface area contributed by atoms with Gasteiger partial charge in [-0.2, -0.15) is 0 Å². The molecule has 1 atom stereocenters. The van der Waals surface area contributed by atoms with Crippen LogP contribution in [0.1, 0.15) is 53.9 Å². The number of hydrogen-bond donors (Lipinski definition) is 2. The maximum atomic E-state index is 11.8. The Morgan fingerprint density at radius 1 is 1.19 bits per heavy atom. The van der Waals surface area contributed by atoms with Crippen LogP contribution in [-0.2, 0) is 9.47 Å². The third-order valence-corrected chi connectivity index (χ3v) is 4.51. The SMILES string of the molecule is CCNC(=NCCC(OCC)C(C)C)NC1CCN(C(=O)OCC)CC1.I. The zero-order valence-corrected chi connectivity index (χ0v) is 20.0. The quantitative estimate of drug-likeness (QED) is 0.290. The maximum Gasteiger partial charge on any atom is 0.409 e. The van der Waals surface area contributed by atoms with Gasteiger partial charge in [-0.3, -0.25) is 4.99 Å². The van der Waals surface area contributed by atoms with E-state index >= 15 is 0 Å². The van der Waals surface area contributed by atoms with Gasteiger partial charge in [-0.25, -0.2) is 4.79 Å². The molecule has 1 heterocycles. The van der Waals surface area contributed by atoms with Crippen LogP contribution in [0.4, 0.5) is 4.79 Å². The highest BCUT2D eigenvalue weighted by atomic mass is 127. The minimum absolute atomic E-state index is 0. The first kappa shape index (κ1) is 26.2. The summed E-state index contributed by atoms with van der Waals surface area (Å²) in [6.45, 7) is 14.5. The molecule has 1 unspecified atom stereocenters. The zero-order chi connectivity index (χ0) is 19.4. The van der Waals surface area contributed by atoms with Gasteiger partial charge in [-0.15, -0.1) is 24.0 Å². The number of piperidine rings is 1. The van der Waals surface area contributed by atoms with Crippen LogP contribution < -0.4 is 10.6 Å². The van der Waals surface area contributed by atoms with Crippen LogP contribution in [0.25, 0.3) is 0 Å². The lowest BCUT2D eigenvalue weighted by atomic mass is 10.0. The average Bonchev–Trinajstić information content (AvgIpc) is 2.61. The van der Waals surface area contributed by atoms with Crippen molar-refractivity contribution in [3.05, 3.63) is 0 Å². The van der Waals surface area contributed by atoms with Crippen molar-refractivity contribution in [2.24, 2.45) is 10.9 Å². The number of nitrogens with one attached hydrogen (secondary N) is 2. The second-order valence-electron chi connectivity index (χ2n) is 6.89. The summed E-state index contributed by atoms with van der Waals surface area (Å²) in [6, 6.07) is 0.325. The number of aliphatic imine (C=N–C) groups is 1. The van der Waals surface area contributed by atoms with Crippen molar-refractivity contribution in [2.45, 2.75) is 66.0 Å². The molecule has 1 fully saturated rings. The van der Waals surface area contributed by atoms with Gasteiger partial charge in [0.25, 0.3) is 0 Å². The summed E-state index contributed by atoms with van der Waals surface area (Å²) in [4.78, 5) is 18.3. The fourth-order valence-electron chi connectivity index (χ4n) is 3.06. The Bertz CT molecular complexity index is 427. The van der Waals surface area contributed by atoms with E-state index in [1.165, 1.54) is 0 Å². The Morgan fingerprint density at radius 2 is 1.85 bits per heavy atom. The monoisotopic (exact) mass is 498 g/mol. The first-order valence-electron chi connectivity index (χ1n) is 10.1. The lowest BCUT2D eigenvalue weighted by Crippen LogP contribution is -2.50. The largest absolute Gasteiger partial charge is 0.450 e. The smallest absolute Gasteiger partial charge is 0.409 e. The molecule has 0 saturated carbocycles. The van der Waals surface area contributed by atoms with Crippen molar-refractivity contribution >= 4 is 36.0 Å². The summed E-state index contributed by atoms with van der Waals surface area (Å²) in [5, 5.41) is 6.81. The molecule has 1 rings (SSSR count). The van der Waals surface area contributed by atoms with Gasteiger partial charge in [-0.05, 0) is 46.0 Å². The third-order valence-electron chi connectivity index (χ3n) is 4.51. The van der Waals surface area contributed by atoms with Crippen LogP contribution in [0.2, 0.25) is 0 Å². The van der Waals surface area contributed by atoms with E-state index in [1.807, 2.05) is 13.8 Å². The summed E-state index contributed by atoms with van der Waals surface area (Å²) >= 11 is 0. The van der Waals surface area contributed by atoms with Crippen molar-refractivity contribution in [2.75, 3.05) is 39.4 Å². The lowest BCUT2D eigenvalue weighted by molar-refractivity contribution is 0.0266. The molecule has 7 nitrogen and oxygen atoms in total. The number of likely N-dealkylation sites (tertiary alicyclic amines) is 1. The molecular weight excluding hydrogens is 459 g/mol. The van der Waals surface area contributed by atoms with E-state index in [-0.39, 0.29) is 36.2 Å². The highest BCUT2D eigenvalue weighted by Gasteiger charge is 2.24. The number of rotatable bonds is 9. The number of guanidine groups is 1. The molecule has 2 N–H and O–H groups in total. The van der Waals surface area contributed by atoms with Crippen LogP contribution in [0.15, 0.2) is 4.99 Å². The number of amides is 1. The summed E-state index contributed by atoms with van der Waals surface area (Å²) in [5.74, 6) is 1.34. The standard InChI is InChI=1S/C19H38N4O3.HI/c1-6-20-18(21-12-9-17(15(4)5)25-7-2)22-16-10-13-23(14-11-16)19(24)26-8-3;/h15-17H,6-14H2,1-5H3,(H2,20,21,22);1H. The Balaban J connectivity index is 0.00000676. The van der Waals surface area contributed by atoms with E-state index in [0.29, 0.717) is 18.6 Å². The molecule has 8 heteroatoms. The second-order valence-corrected chi connectivity index (χ2v) is 6.89. The van der Waals surface area contributed by atoms with E-state index < -0.39 is 0 Å². The lowest BCUT2D eigenvalue weighted by Gasteiger charge is -2.32. The van der Waals surface area contributed by atoms with E-state index in [9.17, 15) is 4.79 Å². The van der Waals surface area contributed by atoms with Crippen LogP contribution in [0.3, 0.4) is 0 Å². The minimum Gasteiger partial charge on any atom is -0.450 e. The molecule has 0 aromatic carbocycles. The van der Waals surface area contributed by atoms with Crippen LogP contribution in [-0.4, -0.2) is 68.5 Å². The molecule has 0 aromatic rings. The summed E-state index contributed by atoms with van der Waals surface area (Å²) in [7, 11) is 0. The number of carbonyl (C=O) groups excluding carboxylic acids is 1. The molecule has 1 saturated heterocycles. The molecule has 0 radical (unpaired) electrons. The fourth-order valence-corrected chi connectivity index (χ4v) is 3.06. The Hall–Kier alpha value is -0.770. The second kappa shape index (κ2) is 15.2. The molecule has 0 spiro atoms. The summed E-state index contributed by atoms with van der Waals surface area (Å²) in [5.41, 5.74) is 0. The number of halogens is 1. The molecule has 0 bridgehead atoms. The van der Waals surface area contributed by atoms with Crippen LogP contribution >= 0.6 is 24.0 Å². The molecule has 0 aliphatic carbocycles. The van der Waals surface area contributed by atoms with Gasteiger partial charge < -0.3 is 25.0 Å². The van der Waals surface area contributed by atoms with Crippen molar-refractivity contribution in [1.29, 1.82) is 0 Å². The number of carbonyl (C=O) groups is 1. The van der Waals surface area contributed by atoms with E-state index in [2.05, 4.69) is 31.4 Å². The maximum absolute atomic E-state index is 11.8. The number of hydrogen-bond acceptors (Lipinski definition) is 4. The van der Waals surface area contributed by atoms with Crippen LogP contribution in [0.5, 0.6) is 0 Å². The Morgan fingerprint density at radius 3 is 2.37 bits per heavy atom. The van der Waals surface area contributed by atoms with Gasteiger partial charge in [-0.1, -0.05) is 13.8 Å².